The van der Waals surface area contributed by atoms with Crippen LogP contribution in [-0.4, -0.2) is 0 Å². The molecule has 3 aromatic rings. The maximum Gasteiger partial charge on any atom is 0.123 e. The van der Waals surface area contributed by atoms with Gasteiger partial charge >= 0.3 is 0 Å². The lowest BCUT2D eigenvalue weighted by Gasteiger charge is -2.18. The zero-order valence-electron chi connectivity index (χ0n) is 18.1. The molecule has 3 aromatic carbocycles. The Morgan fingerprint density at radius 3 is 2.00 bits per heavy atom. The maximum atomic E-state index is 13.2. The van der Waals surface area contributed by atoms with Gasteiger partial charge < -0.3 is 0 Å². The molecule has 0 aromatic heterocycles. The van der Waals surface area contributed by atoms with Crippen LogP contribution in [0.15, 0.2) is 60.7 Å². The van der Waals surface area contributed by atoms with Crippen molar-refractivity contribution in [2.75, 3.05) is 0 Å². The third-order valence-corrected chi connectivity index (χ3v) is 6.54. The van der Waals surface area contributed by atoms with Gasteiger partial charge in [-0.05, 0) is 82.7 Å². The normalized spacial score (nSPS) is 13.5. The fraction of sp³-hybridized carbons (Fsp3) is 0.333. The van der Waals surface area contributed by atoms with Gasteiger partial charge in [0, 0.05) is 10.0 Å². The smallest absolute Gasteiger partial charge is 0.123 e. The van der Waals surface area contributed by atoms with Gasteiger partial charge in [0.15, 0.2) is 0 Å². The van der Waals surface area contributed by atoms with Crippen molar-refractivity contribution in [3.05, 3.63) is 104 Å². The van der Waals surface area contributed by atoms with E-state index in [2.05, 4.69) is 58.0 Å². The van der Waals surface area contributed by atoms with Crippen LogP contribution in [0.25, 0.3) is 0 Å². The van der Waals surface area contributed by atoms with Crippen LogP contribution in [0.4, 0.5) is 4.39 Å². The van der Waals surface area contributed by atoms with E-state index in [1.807, 2.05) is 18.2 Å². The minimum atomic E-state index is -0.200. The molecule has 0 fully saturated rings. The van der Waals surface area contributed by atoms with Crippen molar-refractivity contribution in [2.45, 2.75) is 58.3 Å². The maximum absolute atomic E-state index is 13.2. The van der Waals surface area contributed by atoms with E-state index in [4.69, 9.17) is 23.2 Å². The number of hydrogen-bond acceptors (Lipinski definition) is 0. The third-order valence-electron chi connectivity index (χ3n) is 5.84. The molecule has 0 aliphatic rings. The lowest BCUT2D eigenvalue weighted by Crippen LogP contribution is -2.04. The lowest BCUT2D eigenvalue weighted by molar-refractivity contribution is 0.625. The van der Waals surface area contributed by atoms with Crippen LogP contribution in [0.3, 0.4) is 0 Å². The Balaban J connectivity index is 1.76. The minimum Gasteiger partial charge on any atom is -0.207 e. The van der Waals surface area contributed by atoms with Crippen molar-refractivity contribution in [3.8, 4) is 0 Å². The van der Waals surface area contributed by atoms with Crippen LogP contribution in [0, 0.1) is 5.82 Å². The monoisotopic (exact) mass is 442 g/mol. The van der Waals surface area contributed by atoms with Gasteiger partial charge in [0.25, 0.3) is 0 Å². The molecule has 158 valence electrons. The minimum absolute atomic E-state index is 0.200. The molecule has 3 rings (SSSR count). The van der Waals surface area contributed by atoms with Crippen LogP contribution in [0.2, 0.25) is 10.0 Å². The second kappa shape index (κ2) is 9.98. The molecule has 0 spiro atoms. The first-order chi connectivity index (χ1) is 14.2. The third kappa shape index (κ3) is 5.65. The van der Waals surface area contributed by atoms with Gasteiger partial charge in [0.1, 0.15) is 5.82 Å². The zero-order chi connectivity index (χ0) is 21.8. The average Bonchev–Trinajstić information content (AvgIpc) is 2.71. The summed E-state index contributed by atoms with van der Waals surface area (Å²) in [6.07, 6.45) is 1.72. The Morgan fingerprint density at radius 1 is 0.700 bits per heavy atom. The van der Waals surface area contributed by atoms with Crippen molar-refractivity contribution in [3.63, 3.8) is 0 Å². The fourth-order valence-electron chi connectivity index (χ4n) is 3.89. The van der Waals surface area contributed by atoms with Crippen LogP contribution in [0.1, 0.15) is 73.3 Å². The molecule has 0 radical (unpaired) electrons. The SMILES string of the molecule is CC(C)c1ccc(CC(C)c2cc(CC(C)c3ccc(F)cc3)ccc2Cl)c(Cl)c1. The number of rotatable bonds is 7. The molecule has 0 nitrogen and oxygen atoms in total. The molecule has 0 amide bonds. The van der Waals surface area contributed by atoms with Crippen LogP contribution < -0.4 is 0 Å². The Bertz CT molecular complexity index is 992. The van der Waals surface area contributed by atoms with E-state index in [0.29, 0.717) is 11.8 Å². The van der Waals surface area contributed by atoms with Gasteiger partial charge in [-0.2, -0.15) is 0 Å². The highest BCUT2D eigenvalue weighted by Crippen LogP contribution is 2.32. The Labute approximate surface area is 190 Å². The summed E-state index contributed by atoms with van der Waals surface area (Å²) < 4.78 is 13.2. The standard InChI is InChI=1S/C27H29Cl2F/c1-17(2)22-6-7-23(27(29)16-22)14-19(4)25-15-20(5-12-26(25)28)13-18(3)21-8-10-24(30)11-9-21/h5-12,15-19H,13-14H2,1-4H3. The molecule has 0 heterocycles. The van der Waals surface area contributed by atoms with Crippen LogP contribution in [-0.2, 0) is 12.8 Å². The highest BCUT2D eigenvalue weighted by atomic mass is 35.5. The molecule has 0 aliphatic carbocycles. The molecule has 0 N–H and O–H groups in total. The van der Waals surface area contributed by atoms with Crippen molar-refractivity contribution < 1.29 is 4.39 Å². The molecular formula is C27H29Cl2F. The number of hydrogen-bond donors (Lipinski definition) is 0. The van der Waals surface area contributed by atoms with Crippen LogP contribution >= 0.6 is 23.2 Å². The molecular weight excluding hydrogens is 414 g/mol. The largest absolute Gasteiger partial charge is 0.207 e. The Morgan fingerprint density at radius 2 is 1.37 bits per heavy atom. The van der Waals surface area contributed by atoms with Gasteiger partial charge in [-0.1, -0.05) is 87.3 Å². The number of benzene rings is 3. The Kier molecular flexibility index (Phi) is 7.60. The quantitative estimate of drug-likeness (QED) is 0.342. The summed E-state index contributed by atoms with van der Waals surface area (Å²) in [5.74, 6) is 0.811. The van der Waals surface area contributed by atoms with Crippen molar-refractivity contribution in [1.29, 1.82) is 0 Å². The van der Waals surface area contributed by atoms with Gasteiger partial charge in [-0.3, -0.25) is 0 Å². The molecule has 2 unspecified atom stereocenters. The van der Waals surface area contributed by atoms with E-state index in [9.17, 15) is 4.39 Å². The summed E-state index contributed by atoms with van der Waals surface area (Å²) >= 11 is 13.1. The summed E-state index contributed by atoms with van der Waals surface area (Å²) in [5, 5.41) is 1.61. The van der Waals surface area contributed by atoms with E-state index in [1.165, 1.54) is 23.3 Å². The summed E-state index contributed by atoms with van der Waals surface area (Å²) in [4.78, 5) is 0. The second-order valence-electron chi connectivity index (χ2n) is 8.62. The predicted molar refractivity (Wildman–Crippen MR) is 128 cm³/mol. The lowest BCUT2D eigenvalue weighted by atomic mass is 9.88. The highest BCUT2D eigenvalue weighted by molar-refractivity contribution is 6.31. The first-order valence-corrected chi connectivity index (χ1v) is 11.3. The van der Waals surface area contributed by atoms with Gasteiger partial charge in [0.2, 0.25) is 0 Å². The van der Waals surface area contributed by atoms with Crippen LogP contribution in [0.5, 0.6) is 0 Å². The topological polar surface area (TPSA) is 0 Å². The first-order valence-electron chi connectivity index (χ1n) is 10.6. The van der Waals surface area contributed by atoms with E-state index in [-0.39, 0.29) is 11.7 Å². The van der Waals surface area contributed by atoms with E-state index in [1.54, 1.807) is 0 Å². The molecule has 0 saturated heterocycles. The van der Waals surface area contributed by atoms with Gasteiger partial charge in [-0.15, -0.1) is 0 Å². The van der Waals surface area contributed by atoms with Gasteiger partial charge in [0.05, 0.1) is 0 Å². The number of halogens is 3. The molecule has 2 atom stereocenters. The van der Waals surface area contributed by atoms with Crippen molar-refractivity contribution in [2.24, 2.45) is 0 Å². The highest BCUT2D eigenvalue weighted by Gasteiger charge is 2.15. The molecule has 0 bridgehead atoms. The van der Waals surface area contributed by atoms with E-state index in [0.717, 1.165) is 39.6 Å². The molecule has 30 heavy (non-hydrogen) atoms. The van der Waals surface area contributed by atoms with E-state index >= 15 is 0 Å². The molecule has 0 saturated carbocycles. The van der Waals surface area contributed by atoms with Gasteiger partial charge in [-0.25, -0.2) is 4.39 Å². The van der Waals surface area contributed by atoms with Crippen molar-refractivity contribution >= 4 is 23.2 Å². The summed E-state index contributed by atoms with van der Waals surface area (Å²) in [6, 6.07) is 19.5. The zero-order valence-corrected chi connectivity index (χ0v) is 19.6. The fourth-order valence-corrected chi connectivity index (χ4v) is 4.46. The second-order valence-corrected chi connectivity index (χ2v) is 9.44. The van der Waals surface area contributed by atoms with Crippen molar-refractivity contribution in [1.82, 2.24) is 0 Å². The van der Waals surface area contributed by atoms with E-state index < -0.39 is 0 Å². The summed E-state index contributed by atoms with van der Waals surface area (Å²) in [7, 11) is 0. The Hall–Kier alpha value is -1.83. The average molecular weight is 443 g/mol. The summed E-state index contributed by atoms with van der Waals surface area (Å²) in [6.45, 7) is 8.71. The molecule has 0 aliphatic heterocycles. The molecule has 3 heteroatoms. The first kappa shape index (κ1) is 22.8. The summed E-state index contributed by atoms with van der Waals surface area (Å²) in [5.41, 5.74) is 5.92. The predicted octanol–water partition coefficient (Wildman–Crippen LogP) is 8.95.